The van der Waals surface area contributed by atoms with E-state index in [9.17, 15) is 21.6 Å². The highest BCUT2D eigenvalue weighted by atomic mass is 32.2. The van der Waals surface area contributed by atoms with E-state index in [-0.39, 0.29) is 18.4 Å². The van der Waals surface area contributed by atoms with Crippen LogP contribution in [0.25, 0.3) is 11.3 Å². The molecule has 0 bridgehead atoms. The van der Waals surface area contributed by atoms with Crippen LogP contribution < -0.4 is 10.5 Å². The van der Waals surface area contributed by atoms with Gasteiger partial charge >= 0.3 is 6.18 Å². The number of rotatable bonds is 5. The molecule has 0 amide bonds. The molecule has 3 aliphatic rings. The minimum atomic E-state index is -4.58. The summed E-state index contributed by atoms with van der Waals surface area (Å²) in [5, 5.41) is 9.95. The minimum Gasteiger partial charge on any atom is -0.359 e. The molecule has 11 heteroatoms. The average molecular weight is 556 g/mol. The molecule has 36 heavy (non-hydrogen) atoms. The Morgan fingerprint density at radius 3 is 2.64 bits per heavy atom. The number of hydrogen-bond donors (Lipinski definition) is 2. The molecule has 5 rings (SSSR count). The van der Waals surface area contributed by atoms with Crippen molar-refractivity contribution in [3.63, 3.8) is 0 Å². The standard InChI is InChI=1S/C25H28F3N3O2S3/c26-25(27,28)17-4-3-12-24(15-17,36(29,32)33)14-16-7-9-18(10-8-16)30-23-31-22-19-5-1-2-6-20(19)34-13-11-21(22)35-23/h1-6,12,16,18H,7-11,13-15H2,(H,30,31)(H2,29,32,33). The minimum absolute atomic E-state index is 0.0180. The summed E-state index contributed by atoms with van der Waals surface area (Å²) in [6, 6.07) is 8.52. The van der Waals surface area contributed by atoms with Gasteiger partial charge in [-0.2, -0.15) is 13.2 Å². The number of nitrogens with one attached hydrogen (secondary N) is 1. The van der Waals surface area contributed by atoms with Crippen molar-refractivity contribution in [3.05, 3.63) is 52.9 Å². The van der Waals surface area contributed by atoms with Crippen LogP contribution in [0.4, 0.5) is 18.3 Å². The number of primary sulfonamides is 1. The number of aryl methyl sites for hydroxylation is 1. The van der Waals surface area contributed by atoms with Gasteiger partial charge in [0.25, 0.3) is 0 Å². The number of benzene rings is 1. The third kappa shape index (κ3) is 5.25. The molecule has 0 radical (unpaired) electrons. The van der Waals surface area contributed by atoms with Crippen LogP contribution in [0, 0.1) is 5.92 Å². The largest absolute Gasteiger partial charge is 0.412 e. The first-order valence-corrected chi connectivity index (χ1v) is 15.4. The van der Waals surface area contributed by atoms with Gasteiger partial charge in [0.1, 0.15) is 4.75 Å². The fourth-order valence-electron chi connectivity index (χ4n) is 5.44. The molecule has 3 N–H and O–H groups in total. The van der Waals surface area contributed by atoms with Crippen molar-refractivity contribution in [2.75, 3.05) is 11.1 Å². The third-order valence-corrected chi connectivity index (χ3v) is 11.1. The Morgan fingerprint density at radius 1 is 1.17 bits per heavy atom. The van der Waals surface area contributed by atoms with E-state index in [0.717, 1.165) is 54.8 Å². The number of nitrogens with zero attached hydrogens (tertiary/aromatic N) is 1. The maximum atomic E-state index is 13.3. The molecule has 1 saturated carbocycles. The molecule has 2 aromatic rings. The van der Waals surface area contributed by atoms with Gasteiger partial charge in [0.05, 0.1) is 5.69 Å². The molecule has 1 aromatic carbocycles. The van der Waals surface area contributed by atoms with Crippen molar-refractivity contribution in [2.45, 2.75) is 66.8 Å². The first kappa shape index (κ1) is 25.8. The zero-order valence-electron chi connectivity index (χ0n) is 19.6. The number of alkyl halides is 3. The summed E-state index contributed by atoms with van der Waals surface area (Å²) >= 11 is 3.54. The van der Waals surface area contributed by atoms with Crippen molar-refractivity contribution in [1.82, 2.24) is 4.98 Å². The highest BCUT2D eigenvalue weighted by Crippen LogP contribution is 2.45. The summed E-state index contributed by atoms with van der Waals surface area (Å²) < 4.78 is 63.3. The Bertz CT molecular complexity index is 1300. The van der Waals surface area contributed by atoms with Gasteiger partial charge in [-0.05, 0) is 50.5 Å². The van der Waals surface area contributed by atoms with E-state index in [0.29, 0.717) is 0 Å². The highest BCUT2D eigenvalue weighted by molar-refractivity contribution is 7.99. The summed E-state index contributed by atoms with van der Waals surface area (Å²) in [5.41, 5.74) is 1.37. The van der Waals surface area contributed by atoms with E-state index < -0.39 is 32.9 Å². The van der Waals surface area contributed by atoms with Gasteiger partial charge in [-0.3, -0.25) is 0 Å². The fraction of sp³-hybridized carbons (Fsp3) is 0.480. The van der Waals surface area contributed by atoms with Gasteiger partial charge in [-0.15, -0.1) is 23.1 Å². The van der Waals surface area contributed by atoms with Gasteiger partial charge < -0.3 is 5.32 Å². The summed E-state index contributed by atoms with van der Waals surface area (Å²) in [4.78, 5) is 7.43. The van der Waals surface area contributed by atoms with E-state index in [1.807, 2.05) is 23.9 Å². The van der Waals surface area contributed by atoms with Crippen LogP contribution in [0.1, 0.15) is 43.4 Å². The molecule has 1 unspecified atom stereocenters. The van der Waals surface area contributed by atoms with E-state index in [2.05, 4.69) is 17.4 Å². The van der Waals surface area contributed by atoms with Crippen LogP contribution in [-0.4, -0.2) is 36.1 Å². The molecule has 1 aromatic heterocycles. The van der Waals surface area contributed by atoms with E-state index in [1.54, 1.807) is 11.3 Å². The number of hydrogen-bond acceptors (Lipinski definition) is 6. The monoisotopic (exact) mass is 555 g/mol. The number of thiazole rings is 1. The first-order chi connectivity index (χ1) is 17.0. The molecule has 2 aliphatic carbocycles. The number of thioether (sulfide) groups is 1. The lowest BCUT2D eigenvalue weighted by molar-refractivity contribution is -0.0949. The second kappa shape index (κ2) is 9.81. The summed E-state index contributed by atoms with van der Waals surface area (Å²) in [7, 11) is -4.22. The predicted octanol–water partition coefficient (Wildman–Crippen LogP) is 6.30. The van der Waals surface area contributed by atoms with Crippen molar-refractivity contribution >= 4 is 38.3 Å². The van der Waals surface area contributed by atoms with Crippen molar-refractivity contribution in [1.29, 1.82) is 0 Å². The first-order valence-electron chi connectivity index (χ1n) is 12.0. The van der Waals surface area contributed by atoms with Crippen LogP contribution in [0.3, 0.4) is 0 Å². The number of allylic oxidation sites excluding steroid dienone is 3. The van der Waals surface area contributed by atoms with Gasteiger partial charge in [0.2, 0.25) is 10.0 Å². The zero-order valence-corrected chi connectivity index (χ0v) is 22.0. The predicted molar refractivity (Wildman–Crippen MR) is 140 cm³/mol. The molecule has 0 saturated heterocycles. The van der Waals surface area contributed by atoms with Crippen molar-refractivity contribution in [2.24, 2.45) is 11.1 Å². The Hall–Kier alpha value is -1.82. The highest BCUT2D eigenvalue weighted by Gasteiger charge is 2.48. The van der Waals surface area contributed by atoms with Crippen molar-refractivity contribution < 1.29 is 21.6 Å². The Labute approximate surface area is 217 Å². The summed E-state index contributed by atoms with van der Waals surface area (Å²) in [5.74, 6) is 0.998. The van der Waals surface area contributed by atoms with Crippen LogP contribution in [0.15, 0.2) is 53.0 Å². The molecule has 1 fully saturated rings. The molecule has 1 aliphatic heterocycles. The van der Waals surface area contributed by atoms with Gasteiger partial charge in [-0.1, -0.05) is 36.4 Å². The number of fused-ring (bicyclic) bond motifs is 3. The van der Waals surface area contributed by atoms with E-state index in [4.69, 9.17) is 10.1 Å². The second-order valence-electron chi connectivity index (χ2n) is 9.79. The molecule has 0 spiro atoms. The molecule has 2 heterocycles. The molecule has 1 atom stereocenters. The number of halogens is 3. The van der Waals surface area contributed by atoms with Gasteiger partial charge in [0.15, 0.2) is 5.13 Å². The fourth-order valence-corrected chi connectivity index (χ4v) is 8.73. The van der Waals surface area contributed by atoms with Crippen LogP contribution in [-0.2, 0) is 16.4 Å². The topological polar surface area (TPSA) is 85.1 Å². The lowest BCUT2D eigenvalue weighted by Gasteiger charge is -2.37. The Morgan fingerprint density at radius 2 is 1.92 bits per heavy atom. The quantitative estimate of drug-likeness (QED) is 0.453. The van der Waals surface area contributed by atoms with E-state index in [1.165, 1.54) is 27.5 Å². The number of nitrogens with two attached hydrogens (primary N) is 1. The van der Waals surface area contributed by atoms with Crippen LogP contribution in [0.5, 0.6) is 0 Å². The lowest BCUT2D eigenvalue weighted by Crippen LogP contribution is -2.46. The maximum absolute atomic E-state index is 13.3. The van der Waals surface area contributed by atoms with E-state index >= 15 is 0 Å². The molecule has 194 valence electrons. The average Bonchev–Trinajstić information content (AvgIpc) is 3.13. The van der Waals surface area contributed by atoms with Crippen LogP contribution in [0.2, 0.25) is 0 Å². The van der Waals surface area contributed by atoms with Crippen molar-refractivity contribution in [3.8, 4) is 11.3 Å². The van der Waals surface area contributed by atoms with Crippen LogP contribution >= 0.6 is 23.1 Å². The normalized spacial score (nSPS) is 26.5. The lowest BCUT2D eigenvalue weighted by atomic mass is 9.77. The molecular formula is C25H28F3N3O2S3. The Balaban J connectivity index is 1.24. The SMILES string of the molecule is NS(=O)(=O)C1(CC2CCC(Nc3nc4c(s3)CCSc3ccccc3-4)CC2)C=CC=C(C(F)(F)F)C1. The molecular weight excluding hydrogens is 527 g/mol. The zero-order chi connectivity index (χ0) is 25.6. The smallest absolute Gasteiger partial charge is 0.359 e. The molecule has 5 nitrogen and oxygen atoms in total. The number of anilines is 1. The summed E-state index contributed by atoms with van der Waals surface area (Å²) in [6.07, 6.45) is 2.38. The number of aromatic nitrogens is 1. The Kier molecular flexibility index (Phi) is 7.03. The summed E-state index contributed by atoms with van der Waals surface area (Å²) in [6.45, 7) is 0. The van der Waals surface area contributed by atoms with Gasteiger partial charge in [-0.25, -0.2) is 18.5 Å². The third-order valence-electron chi connectivity index (χ3n) is 7.35. The van der Waals surface area contributed by atoms with Gasteiger partial charge in [0, 0.05) is 39.1 Å². The maximum Gasteiger partial charge on any atom is 0.412 e. The number of sulfonamides is 1. The second-order valence-corrected chi connectivity index (χ2v) is 13.9.